The van der Waals surface area contributed by atoms with Crippen LogP contribution in [0.5, 0.6) is 5.75 Å². The van der Waals surface area contributed by atoms with Crippen LogP contribution in [0.2, 0.25) is 5.02 Å². The van der Waals surface area contributed by atoms with Crippen LogP contribution in [0, 0.1) is 0 Å². The summed E-state index contributed by atoms with van der Waals surface area (Å²) in [6, 6.07) is 21.1. The van der Waals surface area contributed by atoms with Crippen LogP contribution in [0.25, 0.3) is 16.6 Å². The molecule has 1 amide bonds. The fraction of sp³-hybridized carbons (Fsp3) is 0.250. The lowest BCUT2D eigenvalue weighted by Crippen LogP contribution is -2.39. The van der Waals surface area contributed by atoms with Gasteiger partial charge in [-0.15, -0.1) is 0 Å². The number of halogens is 1. The van der Waals surface area contributed by atoms with Crippen molar-refractivity contribution in [3.8, 4) is 11.4 Å². The highest BCUT2D eigenvalue weighted by Crippen LogP contribution is 2.29. The van der Waals surface area contributed by atoms with Gasteiger partial charge in [0.15, 0.2) is 0 Å². The summed E-state index contributed by atoms with van der Waals surface area (Å²) in [4.78, 5) is 34.2. The SMILES string of the molecule is CCCN(C(=O)c1ccccc1Cl)C(CC)c1nc2ccccc2c(=O)n1-c1ccc(OC)cc1. The molecule has 0 N–H and O–H groups in total. The minimum absolute atomic E-state index is 0.184. The second kappa shape index (κ2) is 10.7. The van der Waals surface area contributed by atoms with E-state index in [4.69, 9.17) is 21.3 Å². The molecule has 4 rings (SSSR count). The molecule has 6 nitrogen and oxygen atoms in total. The zero-order valence-corrected chi connectivity index (χ0v) is 20.8. The number of methoxy groups -OCH3 is 1. The highest BCUT2D eigenvalue weighted by molar-refractivity contribution is 6.33. The third-order valence-electron chi connectivity index (χ3n) is 6.02. The van der Waals surface area contributed by atoms with E-state index in [-0.39, 0.29) is 11.5 Å². The molecule has 0 fully saturated rings. The van der Waals surface area contributed by atoms with Crippen LogP contribution in [0.15, 0.2) is 77.6 Å². The number of para-hydroxylation sites is 1. The summed E-state index contributed by atoms with van der Waals surface area (Å²) in [5.74, 6) is 1.01. The van der Waals surface area contributed by atoms with Gasteiger partial charge in [-0.3, -0.25) is 14.2 Å². The normalized spacial score (nSPS) is 11.9. The Morgan fingerprint density at radius 1 is 1.03 bits per heavy atom. The smallest absolute Gasteiger partial charge is 0.266 e. The molecular weight excluding hydrogens is 462 g/mol. The highest BCUT2D eigenvalue weighted by atomic mass is 35.5. The second-order valence-electron chi connectivity index (χ2n) is 8.23. The average molecular weight is 490 g/mol. The molecule has 0 spiro atoms. The fourth-order valence-electron chi connectivity index (χ4n) is 4.33. The van der Waals surface area contributed by atoms with Gasteiger partial charge >= 0.3 is 0 Å². The maximum absolute atomic E-state index is 13.8. The van der Waals surface area contributed by atoms with Crippen molar-refractivity contribution in [3.63, 3.8) is 0 Å². The van der Waals surface area contributed by atoms with Crippen molar-refractivity contribution in [2.75, 3.05) is 13.7 Å². The summed E-state index contributed by atoms with van der Waals surface area (Å²) in [5.41, 5.74) is 1.50. The van der Waals surface area contributed by atoms with Crippen molar-refractivity contribution in [3.05, 3.63) is 99.6 Å². The number of ether oxygens (including phenoxy) is 1. The third-order valence-corrected chi connectivity index (χ3v) is 6.35. The van der Waals surface area contributed by atoms with Crippen molar-refractivity contribution in [2.24, 2.45) is 0 Å². The number of amides is 1. The predicted molar refractivity (Wildman–Crippen MR) is 140 cm³/mol. The van der Waals surface area contributed by atoms with Gasteiger partial charge in [0.2, 0.25) is 0 Å². The molecule has 4 aromatic rings. The number of nitrogens with zero attached hydrogens (tertiary/aromatic N) is 3. The first kappa shape index (κ1) is 24.5. The minimum atomic E-state index is -0.446. The van der Waals surface area contributed by atoms with E-state index in [0.29, 0.717) is 51.7 Å². The van der Waals surface area contributed by atoms with Crippen LogP contribution in [-0.4, -0.2) is 34.0 Å². The molecule has 1 heterocycles. The Balaban J connectivity index is 1.94. The lowest BCUT2D eigenvalue weighted by molar-refractivity contribution is 0.0659. The minimum Gasteiger partial charge on any atom is -0.497 e. The summed E-state index contributed by atoms with van der Waals surface area (Å²) in [7, 11) is 1.60. The van der Waals surface area contributed by atoms with Crippen LogP contribution < -0.4 is 10.3 Å². The topological polar surface area (TPSA) is 64.4 Å². The van der Waals surface area contributed by atoms with Crippen LogP contribution in [0.3, 0.4) is 0 Å². The molecular formula is C28H28ClN3O3. The second-order valence-corrected chi connectivity index (χ2v) is 8.64. The fourth-order valence-corrected chi connectivity index (χ4v) is 4.54. The van der Waals surface area contributed by atoms with Gasteiger partial charge in [0.05, 0.1) is 40.3 Å². The number of hydrogen-bond acceptors (Lipinski definition) is 4. The Kier molecular flexibility index (Phi) is 7.51. The molecule has 0 saturated heterocycles. The number of carbonyl (C=O) groups is 1. The number of fused-ring (bicyclic) bond motifs is 1. The van der Waals surface area contributed by atoms with Gasteiger partial charge in [-0.1, -0.05) is 49.7 Å². The number of rotatable bonds is 8. The first-order valence-electron chi connectivity index (χ1n) is 11.7. The molecule has 1 unspecified atom stereocenters. The number of benzene rings is 3. The highest BCUT2D eigenvalue weighted by Gasteiger charge is 2.30. The standard InChI is InChI=1S/C28H28ClN3O3/c1-4-18-31(27(33)21-10-6-8-12-23(21)29)25(5-2)26-30-24-13-9-7-11-22(24)28(34)32(26)19-14-16-20(35-3)17-15-19/h6-17,25H,4-5,18H2,1-3H3. The van der Waals surface area contributed by atoms with Gasteiger partial charge in [0.25, 0.3) is 11.5 Å². The first-order valence-corrected chi connectivity index (χ1v) is 12.1. The van der Waals surface area contributed by atoms with E-state index in [1.807, 2.05) is 44.2 Å². The molecule has 1 aromatic heterocycles. The van der Waals surface area contributed by atoms with E-state index in [0.717, 1.165) is 6.42 Å². The lowest BCUT2D eigenvalue weighted by Gasteiger charge is -2.32. The van der Waals surface area contributed by atoms with Crippen LogP contribution >= 0.6 is 11.6 Å². The summed E-state index contributed by atoms with van der Waals surface area (Å²) in [6.45, 7) is 4.50. The molecule has 1 atom stereocenters. The average Bonchev–Trinajstić information content (AvgIpc) is 2.89. The first-order chi connectivity index (χ1) is 17.0. The summed E-state index contributed by atoms with van der Waals surface area (Å²) in [5, 5.41) is 0.911. The Morgan fingerprint density at radius 2 is 1.71 bits per heavy atom. The molecule has 0 radical (unpaired) electrons. The van der Waals surface area contributed by atoms with Crippen molar-refractivity contribution in [1.82, 2.24) is 14.5 Å². The number of carbonyl (C=O) groups excluding carboxylic acids is 1. The molecule has 0 bridgehead atoms. The van der Waals surface area contributed by atoms with Gasteiger partial charge in [-0.05, 0) is 61.4 Å². The van der Waals surface area contributed by atoms with E-state index in [1.54, 1.807) is 59.0 Å². The summed E-state index contributed by atoms with van der Waals surface area (Å²) >= 11 is 6.39. The van der Waals surface area contributed by atoms with Gasteiger partial charge in [0, 0.05) is 6.54 Å². The Bertz CT molecular complexity index is 1400. The molecule has 3 aromatic carbocycles. The van der Waals surface area contributed by atoms with Crippen molar-refractivity contribution >= 4 is 28.4 Å². The maximum atomic E-state index is 13.8. The number of aromatic nitrogens is 2. The molecule has 0 aliphatic carbocycles. The van der Waals surface area contributed by atoms with E-state index in [1.165, 1.54) is 0 Å². The van der Waals surface area contributed by atoms with Crippen LogP contribution in [0.4, 0.5) is 0 Å². The molecule has 0 aliphatic heterocycles. The summed E-state index contributed by atoms with van der Waals surface area (Å²) in [6.07, 6.45) is 1.31. The largest absolute Gasteiger partial charge is 0.497 e. The zero-order chi connectivity index (χ0) is 24.9. The van der Waals surface area contributed by atoms with E-state index in [9.17, 15) is 9.59 Å². The van der Waals surface area contributed by atoms with Gasteiger partial charge in [-0.2, -0.15) is 0 Å². The van der Waals surface area contributed by atoms with E-state index < -0.39 is 6.04 Å². The molecule has 35 heavy (non-hydrogen) atoms. The quantitative estimate of drug-likeness (QED) is 0.302. The van der Waals surface area contributed by atoms with E-state index >= 15 is 0 Å². The van der Waals surface area contributed by atoms with Gasteiger partial charge in [0.1, 0.15) is 11.6 Å². The van der Waals surface area contributed by atoms with Gasteiger partial charge in [-0.25, -0.2) is 4.98 Å². The van der Waals surface area contributed by atoms with Crippen molar-refractivity contribution < 1.29 is 9.53 Å². The van der Waals surface area contributed by atoms with E-state index in [2.05, 4.69) is 0 Å². The Morgan fingerprint density at radius 3 is 2.37 bits per heavy atom. The summed E-state index contributed by atoms with van der Waals surface area (Å²) < 4.78 is 6.91. The van der Waals surface area contributed by atoms with Crippen LogP contribution in [-0.2, 0) is 0 Å². The molecule has 7 heteroatoms. The lowest BCUT2D eigenvalue weighted by atomic mass is 10.1. The Labute approximate surface area is 209 Å². The molecule has 0 saturated carbocycles. The maximum Gasteiger partial charge on any atom is 0.266 e. The Hall–Kier alpha value is -3.64. The monoisotopic (exact) mass is 489 g/mol. The van der Waals surface area contributed by atoms with Gasteiger partial charge < -0.3 is 9.64 Å². The molecule has 180 valence electrons. The predicted octanol–water partition coefficient (Wildman–Crippen LogP) is 6.05. The zero-order valence-electron chi connectivity index (χ0n) is 20.1. The molecule has 0 aliphatic rings. The number of hydrogen-bond donors (Lipinski definition) is 0. The third kappa shape index (κ3) is 4.80. The van der Waals surface area contributed by atoms with Crippen molar-refractivity contribution in [2.45, 2.75) is 32.7 Å². The van der Waals surface area contributed by atoms with Crippen molar-refractivity contribution in [1.29, 1.82) is 0 Å². The van der Waals surface area contributed by atoms with Crippen LogP contribution in [0.1, 0.15) is 48.9 Å².